The lowest BCUT2D eigenvalue weighted by Gasteiger charge is -2.33. The van der Waals surface area contributed by atoms with Gasteiger partial charge in [0.1, 0.15) is 0 Å². The number of morpholine rings is 1. The monoisotopic (exact) mass is 345 g/mol. The van der Waals surface area contributed by atoms with E-state index in [1.807, 2.05) is 30.1 Å². The molecule has 2 saturated heterocycles. The third-order valence-corrected chi connectivity index (χ3v) is 5.45. The van der Waals surface area contributed by atoms with Gasteiger partial charge in [-0.2, -0.15) is 0 Å². The lowest BCUT2D eigenvalue weighted by molar-refractivity contribution is 0.0339. The molecule has 0 spiro atoms. The average Bonchev–Trinajstić information content (AvgIpc) is 2.67. The minimum absolute atomic E-state index is 0.205. The van der Waals surface area contributed by atoms with Crippen LogP contribution in [0.2, 0.25) is 0 Å². The molecule has 0 saturated carbocycles. The van der Waals surface area contributed by atoms with Gasteiger partial charge < -0.3 is 15.0 Å². The molecule has 1 aromatic rings. The maximum Gasteiger partial charge on any atom is 0.254 e. The second-order valence-corrected chi connectivity index (χ2v) is 7.17. The molecule has 25 heavy (non-hydrogen) atoms. The number of rotatable bonds is 6. The van der Waals surface area contributed by atoms with Crippen LogP contribution in [0.25, 0.3) is 0 Å². The third kappa shape index (κ3) is 5.03. The molecular weight excluding hydrogens is 314 g/mol. The molecule has 2 aliphatic heterocycles. The number of ether oxygens (including phenoxy) is 1. The maximum atomic E-state index is 13.1. The number of carbonyl (C=O) groups excluding carboxylic acids is 1. The molecule has 0 atom stereocenters. The summed E-state index contributed by atoms with van der Waals surface area (Å²) >= 11 is 0. The fourth-order valence-electron chi connectivity index (χ4n) is 3.81. The molecule has 5 nitrogen and oxygen atoms in total. The number of hydrogen-bond acceptors (Lipinski definition) is 4. The fourth-order valence-corrected chi connectivity index (χ4v) is 3.81. The lowest BCUT2D eigenvalue weighted by Crippen LogP contribution is -2.40. The van der Waals surface area contributed by atoms with Crippen molar-refractivity contribution in [3.63, 3.8) is 0 Å². The van der Waals surface area contributed by atoms with Gasteiger partial charge in [0, 0.05) is 38.3 Å². The Morgan fingerprint density at radius 2 is 1.88 bits per heavy atom. The van der Waals surface area contributed by atoms with E-state index in [0.29, 0.717) is 0 Å². The van der Waals surface area contributed by atoms with Crippen molar-refractivity contribution in [3.05, 3.63) is 35.4 Å². The first-order chi connectivity index (χ1) is 12.3. The summed E-state index contributed by atoms with van der Waals surface area (Å²) in [5.41, 5.74) is 2.02. The van der Waals surface area contributed by atoms with Crippen LogP contribution in [0.3, 0.4) is 0 Å². The Morgan fingerprint density at radius 1 is 1.16 bits per heavy atom. The highest BCUT2D eigenvalue weighted by atomic mass is 16.5. The molecule has 2 fully saturated rings. The Hall–Kier alpha value is -1.43. The summed E-state index contributed by atoms with van der Waals surface area (Å²) in [6, 6.07) is 8.11. The lowest BCUT2D eigenvalue weighted by atomic mass is 9.93. The molecular formula is C20H31N3O2. The Labute approximate surface area is 151 Å². The molecule has 2 aliphatic rings. The van der Waals surface area contributed by atoms with Gasteiger partial charge in [-0.15, -0.1) is 0 Å². The summed E-state index contributed by atoms with van der Waals surface area (Å²) in [6.07, 6.45) is 3.46. The van der Waals surface area contributed by atoms with E-state index in [1.165, 1.54) is 6.42 Å². The largest absolute Gasteiger partial charge is 0.379 e. The fraction of sp³-hybridized carbons (Fsp3) is 0.650. The summed E-state index contributed by atoms with van der Waals surface area (Å²) in [6.45, 7) is 7.15. The van der Waals surface area contributed by atoms with Crippen molar-refractivity contribution < 1.29 is 9.53 Å². The zero-order valence-electron chi connectivity index (χ0n) is 15.4. The second kappa shape index (κ2) is 9.32. The molecule has 3 rings (SSSR count). The molecule has 0 aliphatic carbocycles. The van der Waals surface area contributed by atoms with Crippen LogP contribution in [0.1, 0.15) is 35.2 Å². The van der Waals surface area contributed by atoms with E-state index in [9.17, 15) is 4.79 Å². The Morgan fingerprint density at radius 3 is 2.60 bits per heavy atom. The maximum absolute atomic E-state index is 13.1. The van der Waals surface area contributed by atoms with Gasteiger partial charge in [0.2, 0.25) is 0 Å². The number of piperidine rings is 1. The normalized spacial score (nSPS) is 20.0. The molecule has 0 unspecified atom stereocenters. The van der Waals surface area contributed by atoms with Gasteiger partial charge in [0.25, 0.3) is 5.91 Å². The molecule has 1 aromatic carbocycles. The van der Waals surface area contributed by atoms with Crippen molar-refractivity contribution in [2.24, 2.45) is 5.92 Å². The van der Waals surface area contributed by atoms with Crippen LogP contribution < -0.4 is 5.32 Å². The highest BCUT2D eigenvalue weighted by Gasteiger charge is 2.25. The molecule has 0 aromatic heterocycles. The number of amides is 1. The van der Waals surface area contributed by atoms with Gasteiger partial charge in [0.15, 0.2) is 0 Å². The van der Waals surface area contributed by atoms with Crippen LogP contribution >= 0.6 is 0 Å². The Kier molecular flexibility index (Phi) is 6.84. The van der Waals surface area contributed by atoms with Crippen LogP contribution in [0.4, 0.5) is 0 Å². The Balaban J connectivity index is 1.60. The number of benzene rings is 1. The highest BCUT2D eigenvalue weighted by molar-refractivity contribution is 5.95. The third-order valence-electron chi connectivity index (χ3n) is 5.45. The number of likely N-dealkylation sites (tertiary alicyclic amines) is 1. The van der Waals surface area contributed by atoms with Crippen LogP contribution in [0.15, 0.2) is 24.3 Å². The Bertz CT molecular complexity index is 550. The van der Waals surface area contributed by atoms with Crippen molar-refractivity contribution in [2.45, 2.75) is 25.8 Å². The molecule has 5 heteroatoms. The van der Waals surface area contributed by atoms with Crippen LogP contribution in [-0.4, -0.2) is 68.7 Å². The summed E-state index contributed by atoms with van der Waals surface area (Å²) < 4.78 is 5.43. The number of nitrogens with one attached hydrogen (secondary N) is 1. The van der Waals surface area contributed by atoms with Crippen LogP contribution in [0.5, 0.6) is 0 Å². The van der Waals surface area contributed by atoms with E-state index in [1.54, 1.807) is 0 Å². The highest BCUT2D eigenvalue weighted by Crippen LogP contribution is 2.23. The zero-order chi connectivity index (χ0) is 17.5. The van der Waals surface area contributed by atoms with Gasteiger partial charge in [-0.1, -0.05) is 18.2 Å². The van der Waals surface area contributed by atoms with E-state index in [2.05, 4.69) is 16.3 Å². The van der Waals surface area contributed by atoms with Crippen LogP contribution in [-0.2, 0) is 11.3 Å². The van der Waals surface area contributed by atoms with E-state index in [-0.39, 0.29) is 5.91 Å². The van der Waals surface area contributed by atoms with Crippen molar-refractivity contribution in [1.82, 2.24) is 15.1 Å². The molecule has 2 heterocycles. The number of carbonyl (C=O) groups is 1. The predicted octanol–water partition coefficient (Wildman–Crippen LogP) is 1.98. The topological polar surface area (TPSA) is 44.8 Å². The minimum Gasteiger partial charge on any atom is -0.379 e. The van der Waals surface area contributed by atoms with E-state index in [0.717, 1.165) is 82.4 Å². The van der Waals surface area contributed by atoms with Crippen molar-refractivity contribution >= 4 is 5.91 Å². The van der Waals surface area contributed by atoms with E-state index < -0.39 is 0 Å². The average molecular weight is 345 g/mol. The van der Waals surface area contributed by atoms with Crippen molar-refractivity contribution in [3.8, 4) is 0 Å². The number of nitrogens with zero attached hydrogens (tertiary/aromatic N) is 2. The summed E-state index contributed by atoms with van der Waals surface area (Å²) in [7, 11) is 2.00. The first kappa shape index (κ1) is 18.4. The molecule has 0 radical (unpaired) electrons. The molecule has 1 amide bonds. The molecule has 1 N–H and O–H groups in total. The van der Waals surface area contributed by atoms with Gasteiger partial charge in [-0.25, -0.2) is 0 Å². The first-order valence-corrected chi connectivity index (χ1v) is 9.60. The van der Waals surface area contributed by atoms with Gasteiger partial charge >= 0.3 is 0 Å². The SMILES string of the molecule is CNCCC1CCN(C(=O)c2ccccc2CN2CCOCC2)CC1. The van der Waals surface area contributed by atoms with Crippen LogP contribution in [0, 0.1) is 5.92 Å². The standard InChI is InChI=1S/C20H31N3O2/c1-21-9-6-17-7-10-23(11-8-17)20(24)19-5-3-2-4-18(19)16-22-12-14-25-15-13-22/h2-5,17,21H,6-16H2,1H3. The minimum atomic E-state index is 0.205. The van der Waals surface area contributed by atoms with Gasteiger partial charge in [-0.05, 0) is 50.4 Å². The predicted molar refractivity (Wildman–Crippen MR) is 99.7 cm³/mol. The molecule has 0 bridgehead atoms. The van der Waals surface area contributed by atoms with Gasteiger partial charge in [-0.3, -0.25) is 9.69 Å². The second-order valence-electron chi connectivity index (χ2n) is 7.17. The van der Waals surface area contributed by atoms with Gasteiger partial charge in [0.05, 0.1) is 13.2 Å². The summed E-state index contributed by atoms with van der Waals surface area (Å²) in [5, 5.41) is 3.23. The summed E-state index contributed by atoms with van der Waals surface area (Å²) in [5.74, 6) is 0.955. The quantitative estimate of drug-likeness (QED) is 0.856. The first-order valence-electron chi connectivity index (χ1n) is 9.60. The van der Waals surface area contributed by atoms with Crippen molar-refractivity contribution in [2.75, 3.05) is 53.0 Å². The van der Waals surface area contributed by atoms with E-state index in [4.69, 9.17) is 4.74 Å². The smallest absolute Gasteiger partial charge is 0.254 e. The van der Waals surface area contributed by atoms with Crippen molar-refractivity contribution in [1.29, 1.82) is 0 Å². The molecule has 138 valence electrons. The zero-order valence-corrected chi connectivity index (χ0v) is 15.4. The number of hydrogen-bond donors (Lipinski definition) is 1. The van der Waals surface area contributed by atoms with E-state index >= 15 is 0 Å². The summed E-state index contributed by atoms with van der Waals surface area (Å²) in [4.78, 5) is 17.5.